The minimum absolute atomic E-state index is 0.567. The standard InChI is InChI=1S/C12H25NO/c1-12(2)7-4-5-11(6-8-12)13-9-10-14-3/h11,13H,4-10H2,1-3H3. The first-order valence-electron chi connectivity index (χ1n) is 5.86. The Morgan fingerprint density at radius 2 is 2.07 bits per heavy atom. The van der Waals surface area contributed by atoms with Gasteiger partial charge < -0.3 is 10.1 Å². The third-order valence-electron chi connectivity index (χ3n) is 3.31. The molecule has 2 heteroatoms. The zero-order chi connectivity index (χ0) is 10.4. The fraction of sp³-hybridized carbons (Fsp3) is 1.00. The lowest BCUT2D eigenvalue weighted by molar-refractivity contribution is 0.194. The Hall–Kier alpha value is -0.0800. The minimum Gasteiger partial charge on any atom is -0.383 e. The van der Waals surface area contributed by atoms with Crippen molar-refractivity contribution in [2.45, 2.75) is 52.0 Å². The molecule has 1 unspecified atom stereocenters. The number of ether oxygens (including phenoxy) is 1. The molecule has 1 aliphatic carbocycles. The van der Waals surface area contributed by atoms with E-state index in [-0.39, 0.29) is 0 Å². The highest BCUT2D eigenvalue weighted by atomic mass is 16.5. The average molecular weight is 199 g/mol. The fourth-order valence-corrected chi connectivity index (χ4v) is 2.23. The van der Waals surface area contributed by atoms with Crippen LogP contribution in [0.1, 0.15) is 46.0 Å². The van der Waals surface area contributed by atoms with Gasteiger partial charge in [-0.25, -0.2) is 0 Å². The number of hydrogen-bond acceptors (Lipinski definition) is 2. The maximum Gasteiger partial charge on any atom is 0.0587 e. The summed E-state index contributed by atoms with van der Waals surface area (Å²) >= 11 is 0. The minimum atomic E-state index is 0.567. The number of hydrogen-bond donors (Lipinski definition) is 1. The van der Waals surface area contributed by atoms with Gasteiger partial charge in [0.2, 0.25) is 0 Å². The van der Waals surface area contributed by atoms with E-state index in [4.69, 9.17) is 4.74 Å². The number of nitrogens with one attached hydrogen (secondary N) is 1. The van der Waals surface area contributed by atoms with Crippen LogP contribution in [0.15, 0.2) is 0 Å². The van der Waals surface area contributed by atoms with Gasteiger partial charge in [0.15, 0.2) is 0 Å². The zero-order valence-corrected chi connectivity index (χ0v) is 9.94. The van der Waals surface area contributed by atoms with Gasteiger partial charge in [-0.2, -0.15) is 0 Å². The highest BCUT2D eigenvalue weighted by molar-refractivity contribution is 4.79. The molecule has 0 heterocycles. The van der Waals surface area contributed by atoms with Gasteiger partial charge in [-0.05, 0) is 31.1 Å². The van der Waals surface area contributed by atoms with E-state index in [1.165, 1.54) is 32.1 Å². The Balaban J connectivity index is 2.21. The predicted molar refractivity (Wildman–Crippen MR) is 60.5 cm³/mol. The molecule has 2 nitrogen and oxygen atoms in total. The van der Waals surface area contributed by atoms with E-state index >= 15 is 0 Å². The molecular formula is C12H25NO. The zero-order valence-electron chi connectivity index (χ0n) is 9.94. The quantitative estimate of drug-likeness (QED) is 0.555. The Kier molecular flexibility index (Phi) is 4.90. The van der Waals surface area contributed by atoms with Crippen LogP contribution in [0.4, 0.5) is 0 Å². The van der Waals surface area contributed by atoms with E-state index in [1.807, 2.05) is 0 Å². The largest absolute Gasteiger partial charge is 0.383 e. The highest BCUT2D eigenvalue weighted by Crippen LogP contribution is 2.33. The van der Waals surface area contributed by atoms with Gasteiger partial charge >= 0.3 is 0 Å². The van der Waals surface area contributed by atoms with Crippen LogP contribution >= 0.6 is 0 Å². The summed E-state index contributed by atoms with van der Waals surface area (Å²) < 4.78 is 5.04. The normalized spacial score (nSPS) is 27.2. The van der Waals surface area contributed by atoms with Gasteiger partial charge in [-0.1, -0.05) is 20.3 Å². The van der Waals surface area contributed by atoms with Gasteiger partial charge in [-0.15, -0.1) is 0 Å². The molecule has 1 rings (SSSR count). The van der Waals surface area contributed by atoms with Crippen molar-refractivity contribution in [2.24, 2.45) is 5.41 Å². The molecule has 0 aromatic heterocycles. The Morgan fingerprint density at radius 3 is 2.79 bits per heavy atom. The molecule has 0 amide bonds. The molecule has 1 aliphatic rings. The van der Waals surface area contributed by atoms with E-state index in [0.717, 1.165) is 19.2 Å². The van der Waals surface area contributed by atoms with Crippen molar-refractivity contribution in [1.29, 1.82) is 0 Å². The van der Waals surface area contributed by atoms with Crippen molar-refractivity contribution in [2.75, 3.05) is 20.3 Å². The Bertz CT molecular complexity index is 156. The van der Waals surface area contributed by atoms with Gasteiger partial charge in [0.1, 0.15) is 0 Å². The van der Waals surface area contributed by atoms with Gasteiger partial charge in [0.05, 0.1) is 6.61 Å². The second-order valence-electron chi connectivity index (χ2n) is 5.24. The van der Waals surface area contributed by atoms with Crippen LogP contribution in [0, 0.1) is 5.41 Å². The van der Waals surface area contributed by atoms with Crippen LogP contribution in [0.3, 0.4) is 0 Å². The summed E-state index contributed by atoms with van der Waals surface area (Å²) in [6.07, 6.45) is 6.79. The third-order valence-corrected chi connectivity index (χ3v) is 3.31. The molecule has 1 saturated carbocycles. The first-order chi connectivity index (χ1) is 6.64. The molecule has 0 aliphatic heterocycles. The van der Waals surface area contributed by atoms with E-state index < -0.39 is 0 Å². The van der Waals surface area contributed by atoms with Gasteiger partial charge in [-0.3, -0.25) is 0 Å². The molecular weight excluding hydrogens is 174 g/mol. The first kappa shape index (κ1) is 12.0. The summed E-state index contributed by atoms with van der Waals surface area (Å²) in [6, 6.07) is 0.729. The first-order valence-corrected chi connectivity index (χ1v) is 5.86. The molecule has 84 valence electrons. The molecule has 0 bridgehead atoms. The van der Waals surface area contributed by atoms with E-state index in [9.17, 15) is 0 Å². The monoisotopic (exact) mass is 199 g/mol. The number of methoxy groups -OCH3 is 1. The molecule has 0 saturated heterocycles. The molecule has 0 spiro atoms. The third kappa shape index (κ3) is 4.43. The van der Waals surface area contributed by atoms with Gasteiger partial charge in [0, 0.05) is 19.7 Å². The summed E-state index contributed by atoms with van der Waals surface area (Å²) in [5.74, 6) is 0. The summed E-state index contributed by atoms with van der Waals surface area (Å²) in [5.41, 5.74) is 0.567. The van der Waals surface area contributed by atoms with Crippen LogP contribution in [0.25, 0.3) is 0 Å². The van der Waals surface area contributed by atoms with E-state index in [0.29, 0.717) is 5.41 Å². The molecule has 0 aromatic carbocycles. The number of rotatable bonds is 4. The van der Waals surface area contributed by atoms with Crippen LogP contribution < -0.4 is 5.32 Å². The predicted octanol–water partition coefficient (Wildman–Crippen LogP) is 2.58. The van der Waals surface area contributed by atoms with E-state index in [2.05, 4.69) is 19.2 Å². The molecule has 0 aromatic rings. The summed E-state index contributed by atoms with van der Waals surface area (Å²) in [5, 5.41) is 3.58. The smallest absolute Gasteiger partial charge is 0.0587 e. The van der Waals surface area contributed by atoms with Crippen molar-refractivity contribution < 1.29 is 4.74 Å². The van der Waals surface area contributed by atoms with Crippen molar-refractivity contribution in [1.82, 2.24) is 5.32 Å². The van der Waals surface area contributed by atoms with Crippen molar-refractivity contribution in [3.05, 3.63) is 0 Å². The van der Waals surface area contributed by atoms with Crippen LogP contribution in [-0.2, 0) is 4.74 Å². The molecule has 1 N–H and O–H groups in total. The fourth-order valence-electron chi connectivity index (χ4n) is 2.23. The lowest BCUT2D eigenvalue weighted by atomic mass is 9.85. The summed E-state index contributed by atoms with van der Waals surface area (Å²) in [4.78, 5) is 0. The molecule has 1 fully saturated rings. The maximum absolute atomic E-state index is 5.04. The van der Waals surface area contributed by atoms with Crippen molar-refractivity contribution in [3.8, 4) is 0 Å². The van der Waals surface area contributed by atoms with Crippen molar-refractivity contribution >= 4 is 0 Å². The summed E-state index contributed by atoms with van der Waals surface area (Å²) in [6.45, 7) is 6.62. The lowest BCUT2D eigenvalue weighted by Crippen LogP contribution is -2.31. The van der Waals surface area contributed by atoms with Crippen LogP contribution in [0.5, 0.6) is 0 Å². The second-order valence-corrected chi connectivity index (χ2v) is 5.24. The Labute approximate surface area is 88.4 Å². The molecule has 1 atom stereocenters. The van der Waals surface area contributed by atoms with Crippen LogP contribution in [0.2, 0.25) is 0 Å². The molecule has 0 radical (unpaired) electrons. The second kappa shape index (κ2) is 5.72. The Morgan fingerprint density at radius 1 is 1.29 bits per heavy atom. The topological polar surface area (TPSA) is 21.3 Å². The van der Waals surface area contributed by atoms with Crippen LogP contribution in [-0.4, -0.2) is 26.3 Å². The SMILES string of the molecule is COCCNC1CCCC(C)(C)CC1. The molecule has 14 heavy (non-hydrogen) atoms. The van der Waals surface area contributed by atoms with Gasteiger partial charge in [0.25, 0.3) is 0 Å². The van der Waals surface area contributed by atoms with E-state index in [1.54, 1.807) is 7.11 Å². The maximum atomic E-state index is 5.04. The lowest BCUT2D eigenvalue weighted by Gasteiger charge is -2.22. The van der Waals surface area contributed by atoms with Crippen molar-refractivity contribution in [3.63, 3.8) is 0 Å². The average Bonchev–Trinajstić information content (AvgIpc) is 2.28. The summed E-state index contributed by atoms with van der Waals surface area (Å²) in [7, 11) is 1.76. The highest BCUT2D eigenvalue weighted by Gasteiger charge is 2.23.